The van der Waals surface area contributed by atoms with Crippen molar-refractivity contribution in [3.63, 3.8) is 0 Å². The fraction of sp³-hybridized carbons (Fsp3) is 0.667. The molecule has 0 aromatic carbocycles. The Hall–Kier alpha value is -3.29. The summed E-state index contributed by atoms with van der Waals surface area (Å²) in [5.41, 5.74) is 1.58. The van der Waals surface area contributed by atoms with E-state index >= 15 is 8.78 Å². The molecule has 204 valence electrons. The number of carbonyl (C=O) groups excluding carboxylic acids is 3. The zero-order chi connectivity index (χ0) is 27.0. The van der Waals surface area contributed by atoms with Gasteiger partial charge in [0.15, 0.2) is 0 Å². The Bertz CT molecular complexity index is 1140. The number of hydrogen-bond acceptors (Lipinski definition) is 6. The second kappa shape index (κ2) is 10.5. The summed E-state index contributed by atoms with van der Waals surface area (Å²) >= 11 is 0. The summed E-state index contributed by atoms with van der Waals surface area (Å²) in [4.78, 5) is 45.1. The van der Waals surface area contributed by atoms with E-state index in [2.05, 4.69) is 20.9 Å². The Balaban J connectivity index is 1.38. The first-order chi connectivity index (χ1) is 18.2. The standard InChI is InChI=1S/C27H34F2N6O3/c1-15-8-19(14-31-13-15)33-22(9-16-2-3-16)26(38)35-20-4-5-21(27(28,29)11-20)23(35)25(37)34-18(12-30)10-17-6-7-32-24(17)36/h8,13-14,16-18,20-23,33H,2-7,9-11H2,1H3,(H,32,36)(H,34,37)/t17-,18-,20-,21-,22-,23+/m1/s1. The second-order valence-electron chi connectivity index (χ2n) is 11.3. The zero-order valence-electron chi connectivity index (χ0n) is 21.5. The van der Waals surface area contributed by atoms with Gasteiger partial charge in [0, 0.05) is 37.3 Å². The molecule has 4 heterocycles. The maximum absolute atomic E-state index is 15.1. The number of halogens is 2. The maximum Gasteiger partial charge on any atom is 0.255 e. The summed E-state index contributed by atoms with van der Waals surface area (Å²) in [6, 6.07) is 0.0408. The third-order valence-electron chi connectivity index (χ3n) is 8.39. The normalized spacial score (nSPS) is 29.2. The van der Waals surface area contributed by atoms with Crippen LogP contribution in [0.3, 0.4) is 0 Å². The molecule has 0 unspecified atom stereocenters. The Morgan fingerprint density at radius 1 is 1.24 bits per heavy atom. The van der Waals surface area contributed by atoms with Crippen molar-refractivity contribution in [1.82, 2.24) is 20.5 Å². The van der Waals surface area contributed by atoms with Gasteiger partial charge in [0.1, 0.15) is 18.1 Å². The largest absolute Gasteiger partial charge is 0.372 e. The molecule has 1 aromatic heterocycles. The lowest BCUT2D eigenvalue weighted by Gasteiger charge is -2.54. The summed E-state index contributed by atoms with van der Waals surface area (Å²) in [5.74, 6) is -5.77. The zero-order valence-corrected chi connectivity index (χ0v) is 21.5. The number of hydrogen-bond donors (Lipinski definition) is 3. The van der Waals surface area contributed by atoms with E-state index in [-0.39, 0.29) is 24.7 Å². The van der Waals surface area contributed by atoms with Crippen molar-refractivity contribution in [2.75, 3.05) is 11.9 Å². The number of nitrogens with one attached hydrogen (secondary N) is 3. The van der Waals surface area contributed by atoms with E-state index in [1.54, 1.807) is 12.4 Å². The highest BCUT2D eigenvalue weighted by atomic mass is 19.3. The lowest BCUT2D eigenvalue weighted by Crippen LogP contribution is -2.70. The molecular weight excluding hydrogens is 494 g/mol. The van der Waals surface area contributed by atoms with Crippen molar-refractivity contribution in [2.24, 2.45) is 17.8 Å². The van der Waals surface area contributed by atoms with Gasteiger partial charge in [0.25, 0.3) is 5.92 Å². The van der Waals surface area contributed by atoms with Crippen molar-refractivity contribution >= 4 is 23.4 Å². The minimum atomic E-state index is -3.09. The van der Waals surface area contributed by atoms with E-state index < -0.39 is 54.3 Å². The molecule has 3 N–H and O–H groups in total. The molecule has 6 atom stereocenters. The van der Waals surface area contributed by atoms with E-state index in [1.807, 2.05) is 19.1 Å². The van der Waals surface area contributed by atoms with Crippen LogP contribution in [0.2, 0.25) is 0 Å². The van der Waals surface area contributed by atoms with Gasteiger partial charge >= 0.3 is 0 Å². The van der Waals surface area contributed by atoms with Crippen LogP contribution in [0, 0.1) is 36.0 Å². The lowest BCUT2D eigenvalue weighted by atomic mass is 9.71. The molecule has 3 aliphatic heterocycles. The van der Waals surface area contributed by atoms with Crippen LogP contribution in [-0.4, -0.2) is 64.2 Å². The summed E-state index contributed by atoms with van der Waals surface area (Å²) < 4.78 is 30.2. The molecular formula is C27H34F2N6O3. The van der Waals surface area contributed by atoms with E-state index in [0.29, 0.717) is 37.4 Å². The lowest BCUT2D eigenvalue weighted by molar-refractivity contribution is -0.194. The van der Waals surface area contributed by atoms with Gasteiger partial charge in [-0.15, -0.1) is 0 Å². The highest BCUT2D eigenvalue weighted by molar-refractivity contribution is 5.92. The van der Waals surface area contributed by atoms with E-state index in [4.69, 9.17) is 0 Å². The number of pyridine rings is 1. The van der Waals surface area contributed by atoms with Gasteiger partial charge in [-0.05, 0) is 56.6 Å². The SMILES string of the molecule is Cc1cncc(N[C@H](CC2CC2)C(=O)N2[C@@H]3CC[C@H]([C@H]2C(=O)N[C@@H](C#N)C[C@H]2CCNC2=O)C(F)(F)C3)c1. The molecule has 11 heteroatoms. The molecule has 5 fully saturated rings. The van der Waals surface area contributed by atoms with Crippen LogP contribution >= 0.6 is 0 Å². The maximum atomic E-state index is 15.1. The molecule has 2 saturated carbocycles. The van der Waals surface area contributed by atoms with Gasteiger partial charge in [-0.1, -0.05) is 12.8 Å². The third-order valence-corrected chi connectivity index (χ3v) is 8.39. The van der Waals surface area contributed by atoms with Crippen molar-refractivity contribution in [1.29, 1.82) is 5.26 Å². The number of nitriles is 1. The molecule has 38 heavy (non-hydrogen) atoms. The number of anilines is 1. The Morgan fingerprint density at radius 3 is 2.66 bits per heavy atom. The predicted octanol–water partition coefficient (Wildman–Crippen LogP) is 2.52. The highest BCUT2D eigenvalue weighted by Gasteiger charge is 2.61. The molecule has 9 nitrogen and oxygen atoms in total. The summed E-state index contributed by atoms with van der Waals surface area (Å²) in [5, 5.41) is 18.2. The number of piperidine rings is 2. The van der Waals surface area contributed by atoms with Crippen LogP contribution in [0.1, 0.15) is 56.9 Å². The van der Waals surface area contributed by atoms with Crippen LogP contribution in [0.25, 0.3) is 0 Å². The van der Waals surface area contributed by atoms with Gasteiger partial charge in [-0.3, -0.25) is 19.4 Å². The van der Waals surface area contributed by atoms with Crippen LogP contribution in [0.4, 0.5) is 14.5 Å². The molecule has 3 saturated heterocycles. The van der Waals surface area contributed by atoms with Gasteiger partial charge in [-0.25, -0.2) is 8.78 Å². The van der Waals surface area contributed by atoms with Crippen LogP contribution in [-0.2, 0) is 14.4 Å². The van der Waals surface area contributed by atoms with Gasteiger partial charge in [0.2, 0.25) is 17.7 Å². The van der Waals surface area contributed by atoms with E-state index in [1.165, 1.54) is 4.90 Å². The van der Waals surface area contributed by atoms with Crippen molar-refractivity contribution < 1.29 is 23.2 Å². The highest BCUT2D eigenvalue weighted by Crippen LogP contribution is 2.49. The Kier molecular flexibility index (Phi) is 7.25. The molecule has 5 aliphatic rings. The summed E-state index contributed by atoms with van der Waals surface area (Å²) in [6.45, 7) is 2.39. The summed E-state index contributed by atoms with van der Waals surface area (Å²) in [7, 11) is 0. The van der Waals surface area contributed by atoms with E-state index in [9.17, 15) is 19.6 Å². The fourth-order valence-electron chi connectivity index (χ4n) is 6.30. The third kappa shape index (κ3) is 5.45. The van der Waals surface area contributed by atoms with Crippen molar-refractivity contribution in [2.45, 2.75) is 88.4 Å². The number of aromatic nitrogens is 1. The van der Waals surface area contributed by atoms with Gasteiger partial charge in [0.05, 0.1) is 17.7 Å². The van der Waals surface area contributed by atoms with Crippen molar-refractivity contribution in [3.8, 4) is 6.07 Å². The number of aryl methyl sites for hydroxylation is 1. The molecule has 2 bridgehead atoms. The number of alkyl halides is 2. The van der Waals surface area contributed by atoms with Crippen LogP contribution in [0.5, 0.6) is 0 Å². The number of carbonyl (C=O) groups is 3. The number of rotatable bonds is 9. The minimum absolute atomic E-state index is 0.103. The smallest absolute Gasteiger partial charge is 0.255 e. The number of fused-ring (bicyclic) bond motifs is 3. The second-order valence-corrected chi connectivity index (χ2v) is 11.3. The molecule has 0 radical (unpaired) electrons. The van der Waals surface area contributed by atoms with Gasteiger partial charge < -0.3 is 20.9 Å². The average molecular weight is 529 g/mol. The molecule has 2 aliphatic carbocycles. The van der Waals surface area contributed by atoms with E-state index in [0.717, 1.165) is 18.4 Å². The molecule has 1 aromatic rings. The Morgan fingerprint density at radius 2 is 2.03 bits per heavy atom. The predicted molar refractivity (Wildman–Crippen MR) is 134 cm³/mol. The molecule has 6 rings (SSSR count). The first kappa shape index (κ1) is 26.3. The van der Waals surface area contributed by atoms with Crippen LogP contribution in [0.15, 0.2) is 18.5 Å². The average Bonchev–Trinajstić information content (AvgIpc) is 3.61. The quantitative estimate of drug-likeness (QED) is 0.452. The first-order valence-corrected chi connectivity index (χ1v) is 13.5. The molecule has 3 amide bonds. The monoisotopic (exact) mass is 528 g/mol. The molecule has 0 spiro atoms. The first-order valence-electron chi connectivity index (χ1n) is 13.5. The topological polar surface area (TPSA) is 127 Å². The minimum Gasteiger partial charge on any atom is -0.372 e. The van der Waals surface area contributed by atoms with Crippen molar-refractivity contribution in [3.05, 3.63) is 24.0 Å². The number of amides is 3. The fourth-order valence-corrected chi connectivity index (χ4v) is 6.30. The van der Waals surface area contributed by atoms with Gasteiger partial charge in [-0.2, -0.15) is 5.26 Å². The Labute approximate surface area is 220 Å². The summed E-state index contributed by atoms with van der Waals surface area (Å²) in [6.07, 6.45) is 6.59. The van der Waals surface area contributed by atoms with Crippen LogP contribution < -0.4 is 16.0 Å². The number of nitrogens with zero attached hydrogens (tertiary/aromatic N) is 3.